The zero-order chi connectivity index (χ0) is 12.1. The monoisotopic (exact) mass is 225 g/mol. The van der Waals surface area contributed by atoms with Crippen LogP contribution in [-0.4, -0.2) is 38.1 Å². The molecule has 0 saturated carbocycles. The van der Waals surface area contributed by atoms with E-state index in [4.69, 9.17) is 10.2 Å². The minimum Gasteiger partial charge on any atom is -0.481 e. The lowest BCUT2D eigenvalue weighted by molar-refractivity contribution is -0.137. The van der Waals surface area contributed by atoms with Crippen molar-refractivity contribution in [2.45, 2.75) is 19.4 Å². The predicted molar refractivity (Wildman–Crippen MR) is 52.9 cm³/mol. The van der Waals surface area contributed by atoms with Crippen LogP contribution in [0.3, 0.4) is 0 Å². The standard InChI is InChI=1S/C9H11N3O4/c1-5(2-7(13)14)12-8(15)6-3-10-9(16)11-4-6/h3-5H,2H2,1H3,(H,12,15)(H,13,14)(H,10,11,16). The summed E-state index contributed by atoms with van der Waals surface area (Å²) in [4.78, 5) is 28.7. The van der Waals surface area contributed by atoms with Crippen LogP contribution in [0.2, 0.25) is 0 Å². The summed E-state index contributed by atoms with van der Waals surface area (Å²) < 4.78 is 0. The van der Waals surface area contributed by atoms with Gasteiger partial charge in [0.2, 0.25) is 0 Å². The van der Waals surface area contributed by atoms with E-state index in [9.17, 15) is 9.59 Å². The highest BCUT2D eigenvalue weighted by atomic mass is 16.4. The van der Waals surface area contributed by atoms with Gasteiger partial charge in [-0.05, 0) is 6.92 Å². The molecule has 0 aliphatic rings. The first kappa shape index (κ1) is 11.9. The lowest BCUT2D eigenvalue weighted by Gasteiger charge is -2.10. The fourth-order valence-electron chi connectivity index (χ4n) is 1.06. The fourth-order valence-corrected chi connectivity index (χ4v) is 1.06. The van der Waals surface area contributed by atoms with Crippen molar-refractivity contribution in [2.75, 3.05) is 0 Å². The molecule has 0 aliphatic carbocycles. The highest BCUT2D eigenvalue weighted by molar-refractivity contribution is 5.93. The van der Waals surface area contributed by atoms with Gasteiger partial charge in [0, 0.05) is 18.4 Å². The summed E-state index contributed by atoms with van der Waals surface area (Å²) >= 11 is 0. The van der Waals surface area contributed by atoms with Crippen LogP contribution in [0.25, 0.3) is 0 Å². The average molecular weight is 225 g/mol. The Morgan fingerprint density at radius 3 is 2.50 bits per heavy atom. The number of nitrogens with zero attached hydrogens (tertiary/aromatic N) is 2. The Hall–Kier alpha value is -2.18. The first-order chi connectivity index (χ1) is 7.49. The van der Waals surface area contributed by atoms with Gasteiger partial charge in [-0.1, -0.05) is 0 Å². The first-order valence-electron chi connectivity index (χ1n) is 4.52. The van der Waals surface area contributed by atoms with E-state index in [0.29, 0.717) is 0 Å². The number of carbonyl (C=O) groups excluding carboxylic acids is 1. The molecule has 0 radical (unpaired) electrons. The lowest BCUT2D eigenvalue weighted by Crippen LogP contribution is -2.34. The van der Waals surface area contributed by atoms with Crippen molar-refractivity contribution in [3.05, 3.63) is 18.0 Å². The number of carboxylic acids is 1. The van der Waals surface area contributed by atoms with Gasteiger partial charge in [-0.3, -0.25) is 9.59 Å². The van der Waals surface area contributed by atoms with E-state index < -0.39 is 23.9 Å². The third-order valence-corrected chi connectivity index (χ3v) is 1.76. The van der Waals surface area contributed by atoms with E-state index in [1.54, 1.807) is 6.92 Å². The van der Waals surface area contributed by atoms with Gasteiger partial charge in [0.15, 0.2) is 0 Å². The van der Waals surface area contributed by atoms with Crippen molar-refractivity contribution in [1.82, 2.24) is 15.3 Å². The number of nitrogens with one attached hydrogen (secondary N) is 1. The number of rotatable bonds is 4. The van der Waals surface area contributed by atoms with E-state index in [0.717, 1.165) is 12.4 Å². The second-order valence-corrected chi connectivity index (χ2v) is 3.24. The first-order valence-corrected chi connectivity index (χ1v) is 4.52. The normalized spacial score (nSPS) is 11.8. The molecular weight excluding hydrogens is 214 g/mol. The van der Waals surface area contributed by atoms with E-state index in [1.165, 1.54) is 0 Å². The van der Waals surface area contributed by atoms with E-state index >= 15 is 0 Å². The van der Waals surface area contributed by atoms with E-state index in [1.807, 2.05) is 0 Å². The molecule has 0 spiro atoms. The van der Waals surface area contributed by atoms with Gasteiger partial charge < -0.3 is 15.5 Å². The number of amides is 1. The SMILES string of the molecule is CC(CC(=O)O)NC(=O)c1cnc(O)nc1. The van der Waals surface area contributed by atoms with Gasteiger partial charge in [-0.25, -0.2) is 9.97 Å². The van der Waals surface area contributed by atoms with E-state index in [2.05, 4.69) is 15.3 Å². The Labute approximate surface area is 91.2 Å². The predicted octanol–water partition coefficient (Wildman–Crippen LogP) is -0.225. The zero-order valence-electron chi connectivity index (χ0n) is 8.54. The van der Waals surface area contributed by atoms with Crippen LogP contribution >= 0.6 is 0 Å². The zero-order valence-corrected chi connectivity index (χ0v) is 8.54. The number of carboxylic acid groups (broad SMARTS) is 1. The molecule has 7 nitrogen and oxygen atoms in total. The third kappa shape index (κ3) is 3.52. The smallest absolute Gasteiger partial charge is 0.313 e. The highest BCUT2D eigenvalue weighted by Crippen LogP contribution is 2.01. The molecule has 1 atom stereocenters. The van der Waals surface area contributed by atoms with Crippen molar-refractivity contribution in [3.63, 3.8) is 0 Å². The summed E-state index contributed by atoms with van der Waals surface area (Å²) in [7, 11) is 0. The fraction of sp³-hybridized carbons (Fsp3) is 0.333. The molecule has 0 bridgehead atoms. The summed E-state index contributed by atoms with van der Waals surface area (Å²) in [5.74, 6) is -1.47. The Kier molecular flexibility index (Phi) is 3.76. The van der Waals surface area contributed by atoms with Crippen LogP contribution in [0, 0.1) is 0 Å². The van der Waals surface area contributed by atoms with Crippen LogP contribution in [0.1, 0.15) is 23.7 Å². The molecule has 1 unspecified atom stereocenters. The van der Waals surface area contributed by atoms with Crippen LogP contribution in [0.4, 0.5) is 0 Å². The van der Waals surface area contributed by atoms with Crippen LogP contribution in [0.15, 0.2) is 12.4 Å². The Bertz CT molecular complexity index is 390. The Morgan fingerprint density at radius 2 is 2.00 bits per heavy atom. The van der Waals surface area contributed by atoms with Crippen LogP contribution in [0.5, 0.6) is 6.01 Å². The lowest BCUT2D eigenvalue weighted by atomic mass is 10.2. The molecule has 1 amide bonds. The third-order valence-electron chi connectivity index (χ3n) is 1.76. The summed E-state index contributed by atoms with van der Waals surface area (Å²) in [5.41, 5.74) is 0.162. The number of carbonyl (C=O) groups is 2. The van der Waals surface area contributed by atoms with Crippen molar-refractivity contribution in [2.24, 2.45) is 0 Å². The molecule has 7 heteroatoms. The highest BCUT2D eigenvalue weighted by Gasteiger charge is 2.13. The minimum absolute atomic E-state index is 0.162. The molecular formula is C9H11N3O4. The summed E-state index contributed by atoms with van der Waals surface area (Å²) in [6, 6.07) is -0.908. The van der Waals surface area contributed by atoms with Crippen LogP contribution in [-0.2, 0) is 4.79 Å². The van der Waals surface area contributed by atoms with E-state index in [-0.39, 0.29) is 12.0 Å². The van der Waals surface area contributed by atoms with Gasteiger partial charge in [0.05, 0.1) is 12.0 Å². The second-order valence-electron chi connectivity index (χ2n) is 3.24. The molecule has 0 fully saturated rings. The maximum atomic E-state index is 11.5. The molecule has 86 valence electrons. The summed E-state index contributed by atoms with van der Waals surface area (Å²) in [6.07, 6.45) is 2.15. The molecule has 3 N–H and O–H groups in total. The van der Waals surface area contributed by atoms with Gasteiger partial charge in [0.1, 0.15) is 0 Å². The van der Waals surface area contributed by atoms with Gasteiger partial charge in [-0.2, -0.15) is 0 Å². The molecule has 1 aromatic heterocycles. The molecule has 0 aliphatic heterocycles. The Morgan fingerprint density at radius 1 is 1.44 bits per heavy atom. The number of hydrogen-bond donors (Lipinski definition) is 3. The average Bonchev–Trinajstić information content (AvgIpc) is 2.16. The van der Waals surface area contributed by atoms with Crippen molar-refractivity contribution >= 4 is 11.9 Å². The number of hydrogen-bond acceptors (Lipinski definition) is 5. The summed E-state index contributed by atoms with van der Waals surface area (Å²) in [6.45, 7) is 1.58. The van der Waals surface area contributed by atoms with Gasteiger partial charge >= 0.3 is 12.0 Å². The van der Waals surface area contributed by atoms with Crippen LogP contribution < -0.4 is 5.32 Å². The quantitative estimate of drug-likeness (QED) is 0.652. The number of aliphatic carboxylic acids is 1. The van der Waals surface area contributed by atoms with Crippen molar-refractivity contribution in [3.8, 4) is 6.01 Å². The van der Waals surface area contributed by atoms with Gasteiger partial charge in [0.25, 0.3) is 5.91 Å². The molecule has 16 heavy (non-hydrogen) atoms. The molecule has 0 saturated heterocycles. The topological polar surface area (TPSA) is 112 Å². The van der Waals surface area contributed by atoms with Crippen molar-refractivity contribution in [1.29, 1.82) is 0 Å². The van der Waals surface area contributed by atoms with Gasteiger partial charge in [-0.15, -0.1) is 0 Å². The van der Waals surface area contributed by atoms with Crippen molar-refractivity contribution < 1.29 is 19.8 Å². The second kappa shape index (κ2) is 5.06. The number of aromatic hydroxyl groups is 1. The number of aromatic nitrogens is 2. The Balaban J connectivity index is 2.58. The molecule has 1 aromatic rings. The largest absolute Gasteiger partial charge is 0.481 e. The molecule has 1 rings (SSSR count). The summed E-state index contributed by atoms with van der Waals surface area (Å²) in [5, 5.41) is 19.8. The maximum Gasteiger partial charge on any atom is 0.313 e. The molecule has 1 heterocycles. The maximum absolute atomic E-state index is 11.5. The molecule has 0 aromatic carbocycles. The minimum atomic E-state index is -0.991.